The summed E-state index contributed by atoms with van der Waals surface area (Å²) in [7, 11) is 0. The fraction of sp³-hybridized carbons (Fsp3) is 0.316. The number of benzene rings is 1. The molecule has 2 N–H and O–H groups in total. The third-order valence-corrected chi connectivity index (χ3v) is 4.78. The molecule has 1 saturated heterocycles. The number of likely N-dealkylation sites (tertiary alicyclic amines) is 1. The summed E-state index contributed by atoms with van der Waals surface area (Å²) in [5, 5.41) is 5.62. The summed E-state index contributed by atoms with van der Waals surface area (Å²) >= 11 is 3.16. The van der Waals surface area contributed by atoms with Crippen LogP contribution >= 0.6 is 15.9 Å². The molecule has 8 heteroatoms. The van der Waals surface area contributed by atoms with Gasteiger partial charge < -0.3 is 20.0 Å². The second-order valence-corrected chi connectivity index (χ2v) is 7.19. The first-order valence-electron chi connectivity index (χ1n) is 8.65. The molecule has 2 heterocycles. The molecule has 142 valence electrons. The SMILES string of the molecule is CC(=O)NC1CCN(C(=O)c2cccc(NC(=O)c3ccc(Br)o3)c2)CC1. The van der Waals surface area contributed by atoms with Crippen LogP contribution in [0.25, 0.3) is 0 Å². The van der Waals surface area contributed by atoms with Gasteiger partial charge in [-0.05, 0) is 59.1 Å². The molecular formula is C19H20BrN3O4. The van der Waals surface area contributed by atoms with E-state index in [1.165, 1.54) is 6.92 Å². The lowest BCUT2D eigenvalue weighted by atomic mass is 10.0. The Morgan fingerprint density at radius 1 is 1.15 bits per heavy atom. The van der Waals surface area contributed by atoms with Crippen molar-refractivity contribution in [2.45, 2.75) is 25.8 Å². The van der Waals surface area contributed by atoms with Gasteiger partial charge in [-0.1, -0.05) is 6.07 Å². The van der Waals surface area contributed by atoms with Crippen LogP contribution in [0.3, 0.4) is 0 Å². The van der Waals surface area contributed by atoms with Crippen LogP contribution in [0.2, 0.25) is 0 Å². The van der Waals surface area contributed by atoms with Gasteiger partial charge in [0.25, 0.3) is 11.8 Å². The minimum absolute atomic E-state index is 0.0493. The molecule has 0 saturated carbocycles. The van der Waals surface area contributed by atoms with Crippen LogP contribution in [0.15, 0.2) is 45.5 Å². The molecule has 27 heavy (non-hydrogen) atoms. The van der Waals surface area contributed by atoms with Crippen molar-refractivity contribution in [2.24, 2.45) is 0 Å². The molecule has 3 rings (SSSR count). The van der Waals surface area contributed by atoms with Gasteiger partial charge in [0.2, 0.25) is 5.91 Å². The zero-order chi connectivity index (χ0) is 19.4. The number of carbonyl (C=O) groups excluding carboxylic acids is 3. The maximum Gasteiger partial charge on any atom is 0.291 e. The van der Waals surface area contributed by atoms with Gasteiger partial charge in [0.15, 0.2) is 10.4 Å². The van der Waals surface area contributed by atoms with Crippen LogP contribution in [-0.2, 0) is 4.79 Å². The third kappa shape index (κ3) is 4.97. The number of furan rings is 1. The Morgan fingerprint density at radius 2 is 1.89 bits per heavy atom. The standard InChI is InChI=1S/C19H20BrN3O4/c1-12(24)21-14-7-9-23(10-8-14)19(26)13-3-2-4-15(11-13)22-18(25)16-5-6-17(20)27-16/h2-6,11,14H,7-10H2,1H3,(H,21,24)(H,22,25). The first-order chi connectivity index (χ1) is 12.9. The number of hydrogen-bond acceptors (Lipinski definition) is 4. The largest absolute Gasteiger partial charge is 0.444 e. The van der Waals surface area contributed by atoms with Crippen molar-refractivity contribution in [1.82, 2.24) is 10.2 Å². The average Bonchev–Trinajstić information content (AvgIpc) is 3.08. The summed E-state index contributed by atoms with van der Waals surface area (Å²) < 4.78 is 5.70. The highest BCUT2D eigenvalue weighted by Crippen LogP contribution is 2.19. The molecule has 0 radical (unpaired) electrons. The molecule has 1 aliphatic rings. The molecule has 1 aromatic heterocycles. The number of piperidine rings is 1. The van der Waals surface area contributed by atoms with Gasteiger partial charge in [-0.2, -0.15) is 0 Å². The van der Waals surface area contributed by atoms with E-state index >= 15 is 0 Å². The van der Waals surface area contributed by atoms with Crippen molar-refractivity contribution in [1.29, 1.82) is 0 Å². The predicted octanol–water partition coefficient (Wildman–Crippen LogP) is 3.04. The van der Waals surface area contributed by atoms with E-state index in [-0.39, 0.29) is 29.5 Å². The first-order valence-corrected chi connectivity index (χ1v) is 9.45. The van der Waals surface area contributed by atoms with Crippen LogP contribution in [0, 0.1) is 0 Å². The molecule has 0 spiro atoms. The summed E-state index contributed by atoms with van der Waals surface area (Å²) in [5.41, 5.74) is 1.03. The summed E-state index contributed by atoms with van der Waals surface area (Å²) in [5.74, 6) is -0.347. The zero-order valence-electron chi connectivity index (χ0n) is 14.8. The monoisotopic (exact) mass is 433 g/mol. The normalized spacial score (nSPS) is 14.7. The quantitative estimate of drug-likeness (QED) is 0.774. The van der Waals surface area contributed by atoms with E-state index in [4.69, 9.17) is 4.42 Å². The van der Waals surface area contributed by atoms with Crippen molar-refractivity contribution < 1.29 is 18.8 Å². The van der Waals surface area contributed by atoms with Gasteiger partial charge in [0, 0.05) is 37.3 Å². The van der Waals surface area contributed by atoms with Crippen molar-refractivity contribution in [3.8, 4) is 0 Å². The van der Waals surface area contributed by atoms with Crippen molar-refractivity contribution in [3.63, 3.8) is 0 Å². The van der Waals surface area contributed by atoms with Crippen LogP contribution in [-0.4, -0.2) is 41.8 Å². The molecule has 0 unspecified atom stereocenters. The van der Waals surface area contributed by atoms with E-state index in [0.29, 0.717) is 29.0 Å². The van der Waals surface area contributed by atoms with Crippen LogP contribution in [0.1, 0.15) is 40.7 Å². The second-order valence-electron chi connectivity index (χ2n) is 6.41. The van der Waals surface area contributed by atoms with Crippen LogP contribution in [0.5, 0.6) is 0 Å². The fourth-order valence-corrected chi connectivity index (χ4v) is 3.36. The van der Waals surface area contributed by atoms with E-state index in [1.54, 1.807) is 41.3 Å². The Bertz CT molecular complexity index is 856. The highest BCUT2D eigenvalue weighted by atomic mass is 79.9. The molecule has 2 aromatic rings. The Kier molecular flexibility index (Phi) is 5.95. The minimum atomic E-state index is -0.388. The number of halogens is 1. The van der Waals surface area contributed by atoms with E-state index in [0.717, 1.165) is 12.8 Å². The molecule has 0 atom stereocenters. The molecular weight excluding hydrogens is 414 g/mol. The van der Waals surface area contributed by atoms with Crippen molar-refractivity contribution in [2.75, 3.05) is 18.4 Å². The third-order valence-electron chi connectivity index (χ3n) is 4.35. The predicted molar refractivity (Wildman–Crippen MR) is 104 cm³/mol. The topological polar surface area (TPSA) is 91.7 Å². The van der Waals surface area contributed by atoms with Gasteiger partial charge >= 0.3 is 0 Å². The molecule has 0 bridgehead atoms. The molecule has 7 nitrogen and oxygen atoms in total. The lowest BCUT2D eigenvalue weighted by Gasteiger charge is -2.32. The molecule has 3 amide bonds. The average molecular weight is 434 g/mol. The van der Waals surface area contributed by atoms with E-state index < -0.39 is 0 Å². The number of rotatable bonds is 4. The highest BCUT2D eigenvalue weighted by molar-refractivity contribution is 9.10. The number of amides is 3. The van der Waals surface area contributed by atoms with E-state index in [9.17, 15) is 14.4 Å². The van der Waals surface area contributed by atoms with E-state index in [2.05, 4.69) is 26.6 Å². The van der Waals surface area contributed by atoms with Crippen LogP contribution < -0.4 is 10.6 Å². The first kappa shape index (κ1) is 19.2. The summed E-state index contributed by atoms with van der Waals surface area (Å²) in [6, 6.07) is 10.1. The number of nitrogens with zero attached hydrogens (tertiary/aromatic N) is 1. The lowest BCUT2D eigenvalue weighted by molar-refractivity contribution is -0.119. The number of anilines is 1. The minimum Gasteiger partial charge on any atom is -0.444 e. The number of nitrogens with one attached hydrogen (secondary N) is 2. The Labute approximate surface area is 165 Å². The summed E-state index contributed by atoms with van der Waals surface area (Å²) in [6.45, 7) is 2.67. The molecule has 1 fully saturated rings. The van der Waals surface area contributed by atoms with Crippen LogP contribution in [0.4, 0.5) is 5.69 Å². The fourth-order valence-electron chi connectivity index (χ4n) is 3.06. The molecule has 1 aliphatic heterocycles. The van der Waals surface area contributed by atoms with Gasteiger partial charge in [0.05, 0.1) is 0 Å². The maximum atomic E-state index is 12.7. The van der Waals surface area contributed by atoms with Crippen molar-refractivity contribution in [3.05, 3.63) is 52.4 Å². The summed E-state index contributed by atoms with van der Waals surface area (Å²) in [6.07, 6.45) is 1.46. The maximum absolute atomic E-state index is 12.7. The van der Waals surface area contributed by atoms with Crippen molar-refractivity contribution >= 4 is 39.3 Å². The highest BCUT2D eigenvalue weighted by Gasteiger charge is 2.24. The lowest BCUT2D eigenvalue weighted by Crippen LogP contribution is -2.46. The number of hydrogen-bond donors (Lipinski definition) is 2. The Balaban J connectivity index is 1.62. The Hall–Kier alpha value is -2.61. The second kappa shape index (κ2) is 8.39. The summed E-state index contributed by atoms with van der Waals surface area (Å²) in [4.78, 5) is 37.8. The van der Waals surface area contributed by atoms with Gasteiger partial charge in [-0.25, -0.2) is 0 Å². The smallest absolute Gasteiger partial charge is 0.291 e. The number of carbonyl (C=O) groups is 3. The Morgan fingerprint density at radius 3 is 2.52 bits per heavy atom. The molecule has 0 aliphatic carbocycles. The molecule has 1 aromatic carbocycles. The van der Waals surface area contributed by atoms with Gasteiger partial charge in [-0.3, -0.25) is 14.4 Å². The van der Waals surface area contributed by atoms with Gasteiger partial charge in [-0.15, -0.1) is 0 Å². The van der Waals surface area contributed by atoms with Gasteiger partial charge in [0.1, 0.15) is 0 Å². The zero-order valence-corrected chi connectivity index (χ0v) is 16.4. The van der Waals surface area contributed by atoms with E-state index in [1.807, 2.05) is 0 Å².